The Balaban J connectivity index is 1.81. The Bertz CT molecular complexity index is 1190. The highest BCUT2D eigenvalue weighted by Gasteiger charge is 2.26. The van der Waals surface area contributed by atoms with Gasteiger partial charge in [-0.25, -0.2) is 4.98 Å². The molecule has 2 aromatic carbocycles. The summed E-state index contributed by atoms with van der Waals surface area (Å²) in [6, 6.07) is 13.6. The SMILES string of the molecule is CCC(C)N(C(=O)Cn1c(C(C)NC(=O)COc2cc(C)ccc2C)nc2ccccc21)C(C)CC. The number of carbonyl (C=O) groups is 2. The lowest BCUT2D eigenvalue weighted by atomic mass is 10.1. The lowest BCUT2D eigenvalue weighted by Crippen LogP contribution is -2.46. The van der Waals surface area contributed by atoms with E-state index in [1.54, 1.807) is 0 Å². The summed E-state index contributed by atoms with van der Waals surface area (Å²) in [7, 11) is 0. The minimum absolute atomic E-state index is 0.0554. The molecule has 1 aromatic heterocycles. The van der Waals surface area contributed by atoms with Crippen LogP contribution in [0.15, 0.2) is 42.5 Å². The molecule has 0 spiro atoms. The van der Waals surface area contributed by atoms with Crippen LogP contribution in [0.3, 0.4) is 0 Å². The Kier molecular flexibility index (Phi) is 9.13. The van der Waals surface area contributed by atoms with Gasteiger partial charge in [0.05, 0.1) is 17.1 Å². The van der Waals surface area contributed by atoms with E-state index in [2.05, 4.69) is 33.0 Å². The standard InChI is InChI=1S/C29H40N4O3/c1-8-21(5)33(22(6)9-2)28(35)17-32-25-13-11-10-12-24(25)31-29(32)23(7)30-27(34)18-36-26-16-19(3)14-15-20(26)4/h10-16,21-23H,8-9,17-18H2,1-7H3,(H,30,34). The topological polar surface area (TPSA) is 76.5 Å². The van der Waals surface area contributed by atoms with E-state index in [0.717, 1.165) is 35.0 Å². The predicted molar refractivity (Wildman–Crippen MR) is 144 cm³/mol. The van der Waals surface area contributed by atoms with E-state index in [9.17, 15) is 9.59 Å². The third-order valence-corrected chi connectivity index (χ3v) is 6.86. The average molecular weight is 493 g/mol. The van der Waals surface area contributed by atoms with Crippen LogP contribution in [-0.4, -0.2) is 45.0 Å². The number of amides is 2. The Morgan fingerprint density at radius 1 is 1.03 bits per heavy atom. The Hall–Kier alpha value is -3.35. The first kappa shape index (κ1) is 27.2. The smallest absolute Gasteiger partial charge is 0.258 e. The molecule has 0 aliphatic carbocycles. The first-order valence-corrected chi connectivity index (χ1v) is 12.9. The summed E-state index contributed by atoms with van der Waals surface area (Å²) in [4.78, 5) is 33.1. The van der Waals surface area contributed by atoms with Crippen LogP contribution in [0, 0.1) is 13.8 Å². The van der Waals surface area contributed by atoms with Gasteiger partial charge >= 0.3 is 0 Å². The number of benzene rings is 2. The highest BCUT2D eigenvalue weighted by molar-refractivity contribution is 5.82. The van der Waals surface area contributed by atoms with Gasteiger partial charge in [0.25, 0.3) is 5.91 Å². The number of rotatable bonds is 11. The molecule has 0 aliphatic rings. The lowest BCUT2D eigenvalue weighted by Gasteiger charge is -2.34. The molecule has 7 heteroatoms. The number of aromatic nitrogens is 2. The minimum Gasteiger partial charge on any atom is -0.483 e. The van der Waals surface area contributed by atoms with E-state index in [1.165, 1.54) is 0 Å². The highest BCUT2D eigenvalue weighted by Crippen LogP contribution is 2.23. The summed E-state index contributed by atoms with van der Waals surface area (Å²) in [5.74, 6) is 1.16. The Morgan fingerprint density at radius 2 is 1.69 bits per heavy atom. The molecule has 0 aliphatic heterocycles. The van der Waals surface area contributed by atoms with Crippen molar-refractivity contribution >= 4 is 22.8 Å². The summed E-state index contributed by atoms with van der Waals surface area (Å²) in [6.45, 7) is 14.3. The fourth-order valence-corrected chi connectivity index (χ4v) is 4.48. The van der Waals surface area contributed by atoms with Gasteiger partial charge in [0.1, 0.15) is 18.1 Å². The molecule has 0 fully saturated rings. The van der Waals surface area contributed by atoms with Crippen LogP contribution >= 0.6 is 0 Å². The molecular weight excluding hydrogens is 452 g/mol. The zero-order valence-electron chi connectivity index (χ0n) is 22.7. The van der Waals surface area contributed by atoms with Crippen molar-refractivity contribution in [3.8, 4) is 5.75 Å². The summed E-state index contributed by atoms with van der Waals surface area (Å²) in [5.41, 5.74) is 3.73. The average Bonchev–Trinajstić information content (AvgIpc) is 3.22. The fourth-order valence-electron chi connectivity index (χ4n) is 4.48. The Labute approximate surface area is 214 Å². The maximum atomic E-state index is 13.5. The van der Waals surface area contributed by atoms with Crippen molar-refractivity contribution in [3.05, 3.63) is 59.4 Å². The fraction of sp³-hybridized carbons (Fsp3) is 0.483. The summed E-state index contributed by atoms with van der Waals surface area (Å²) in [5, 5.41) is 3.00. The number of nitrogens with one attached hydrogen (secondary N) is 1. The molecule has 3 unspecified atom stereocenters. The third-order valence-electron chi connectivity index (χ3n) is 6.86. The summed E-state index contributed by atoms with van der Waals surface area (Å²) < 4.78 is 7.72. The number of hydrogen-bond donors (Lipinski definition) is 1. The molecule has 3 aromatic rings. The van der Waals surface area contributed by atoms with Gasteiger partial charge in [-0.3, -0.25) is 9.59 Å². The van der Waals surface area contributed by atoms with Gasteiger partial charge in [-0.1, -0.05) is 38.1 Å². The lowest BCUT2D eigenvalue weighted by molar-refractivity contribution is -0.136. The van der Waals surface area contributed by atoms with E-state index < -0.39 is 6.04 Å². The maximum absolute atomic E-state index is 13.5. The van der Waals surface area contributed by atoms with Gasteiger partial charge in [0.2, 0.25) is 5.91 Å². The van der Waals surface area contributed by atoms with Gasteiger partial charge in [-0.15, -0.1) is 0 Å². The molecule has 3 atom stereocenters. The number of para-hydroxylation sites is 2. The first-order chi connectivity index (χ1) is 17.2. The van der Waals surface area contributed by atoms with Crippen molar-refractivity contribution in [2.24, 2.45) is 0 Å². The van der Waals surface area contributed by atoms with Gasteiger partial charge in [-0.05, 0) is 76.8 Å². The van der Waals surface area contributed by atoms with E-state index in [-0.39, 0.29) is 37.0 Å². The van der Waals surface area contributed by atoms with Crippen LogP contribution in [0.2, 0.25) is 0 Å². The van der Waals surface area contributed by atoms with Crippen LogP contribution in [-0.2, 0) is 16.1 Å². The molecule has 1 heterocycles. The number of nitrogens with zero attached hydrogens (tertiary/aromatic N) is 3. The number of ether oxygens (including phenoxy) is 1. The number of imidazole rings is 1. The van der Waals surface area contributed by atoms with Gasteiger partial charge < -0.3 is 19.5 Å². The van der Waals surface area contributed by atoms with Crippen LogP contribution in [0.5, 0.6) is 5.75 Å². The Morgan fingerprint density at radius 3 is 2.36 bits per heavy atom. The van der Waals surface area contributed by atoms with Gasteiger partial charge in [0.15, 0.2) is 6.61 Å². The zero-order chi connectivity index (χ0) is 26.4. The van der Waals surface area contributed by atoms with E-state index in [0.29, 0.717) is 11.6 Å². The number of carbonyl (C=O) groups excluding carboxylic acids is 2. The normalized spacial score (nSPS) is 13.8. The third kappa shape index (κ3) is 6.25. The van der Waals surface area contributed by atoms with Crippen molar-refractivity contribution in [2.45, 2.75) is 86.0 Å². The predicted octanol–water partition coefficient (Wildman–Crippen LogP) is 5.33. The first-order valence-electron chi connectivity index (χ1n) is 12.9. The maximum Gasteiger partial charge on any atom is 0.258 e. The number of hydrogen-bond acceptors (Lipinski definition) is 4. The molecule has 36 heavy (non-hydrogen) atoms. The van der Waals surface area contributed by atoms with Crippen LogP contribution in [0.4, 0.5) is 0 Å². The van der Waals surface area contributed by atoms with Crippen molar-refractivity contribution in [2.75, 3.05) is 6.61 Å². The van der Waals surface area contributed by atoms with Crippen molar-refractivity contribution < 1.29 is 14.3 Å². The largest absolute Gasteiger partial charge is 0.483 e. The molecule has 7 nitrogen and oxygen atoms in total. The van der Waals surface area contributed by atoms with Gasteiger partial charge in [-0.2, -0.15) is 0 Å². The van der Waals surface area contributed by atoms with Crippen LogP contribution in [0.1, 0.15) is 70.5 Å². The van der Waals surface area contributed by atoms with Crippen molar-refractivity contribution in [3.63, 3.8) is 0 Å². The molecule has 0 radical (unpaired) electrons. The second-order valence-electron chi connectivity index (χ2n) is 9.71. The van der Waals surface area contributed by atoms with E-state index in [4.69, 9.17) is 9.72 Å². The highest BCUT2D eigenvalue weighted by atomic mass is 16.5. The molecule has 0 saturated heterocycles. The second-order valence-corrected chi connectivity index (χ2v) is 9.71. The van der Waals surface area contributed by atoms with E-state index >= 15 is 0 Å². The second kappa shape index (κ2) is 12.1. The van der Waals surface area contributed by atoms with E-state index in [1.807, 2.05) is 72.7 Å². The number of fused-ring (bicyclic) bond motifs is 1. The molecular formula is C29H40N4O3. The van der Waals surface area contributed by atoms with Crippen molar-refractivity contribution in [1.29, 1.82) is 0 Å². The molecule has 3 rings (SSSR count). The minimum atomic E-state index is -0.402. The summed E-state index contributed by atoms with van der Waals surface area (Å²) >= 11 is 0. The molecule has 1 N–H and O–H groups in total. The molecule has 0 saturated carbocycles. The molecule has 2 amide bonds. The monoisotopic (exact) mass is 492 g/mol. The molecule has 194 valence electrons. The van der Waals surface area contributed by atoms with Gasteiger partial charge in [0, 0.05) is 12.1 Å². The zero-order valence-corrected chi connectivity index (χ0v) is 22.7. The summed E-state index contributed by atoms with van der Waals surface area (Å²) in [6.07, 6.45) is 1.78. The van der Waals surface area contributed by atoms with Crippen LogP contribution in [0.25, 0.3) is 11.0 Å². The van der Waals surface area contributed by atoms with Crippen molar-refractivity contribution in [1.82, 2.24) is 19.8 Å². The quantitative estimate of drug-likeness (QED) is 0.392. The van der Waals surface area contributed by atoms with Crippen LogP contribution < -0.4 is 10.1 Å². The number of aryl methyl sites for hydroxylation is 2. The molecule has 0 bridgehead atoms.